The van der Waals surface area contributed by atoms with Gasteiger partial charge in [-0.2, -0.15) is 5.26 Å². The van der Waals surface area contributed by atoms with Gasteiger partial charge >= 0.3 is 0 Å². The van der Waals surface area contributed by atoms with Gasteiger partial charge in [0.2, 0.25) is 0 Å². The van der Waals surface area contributed by atoms with Gasteiger partial charge in [-0.15, -0.1) is 11.3 Å². The molecule has 1 aromatic rings. The number of nitrogens with zero attached hydrogens (tertiary/aromatic N) is 1. The molecular weight excluding hydrogens is 168 g/mol. The molecule has 0 saturated carbocycles. The highest BCUT2D eigenvalue weighted by Gasteiger charge is 2.13. The summed E-state index contributed by atoms with van der Waals surface area (Å²) >= 11 is 1.73. The fourth-order valence-corrected chi connectivity index (χ4v) is 2.57. The van der Waals surface area contributed by atoms with Crippen molar-refractivity contribution in [3.05, 3.63) is 21.4 Å². The van der Waals surface area contributed by atoms with E-state index < -0.39 is 0 Å². The minimum atomic E-state index is 0.888. The average molecular weight is 178 g/mol. The molecular formula is C9H10N2S. The number of fused-ring (bicyclic) bond motifs is 1. The van der Waals surface area contributed by atoms with Gasteiger partial charge in [-0.25, -0.2) is 0 Å². The van der Waals surface area contributed by atoms with E-state index in [1.165, 1.54) is 10.4 Å². The van der Waals surface area contributed by atoms with E-state index in [9.17, 15) is 0 Å². The molecule has 0 spiro atoms. The average Bonchev–Trinajstić information content (AvgIpc) is 2.33. The fraction of sp³-hybridized carbons (Fsp3) is 0.444. The predicted molar refractivity (Wildman–Crippen MR) is 49.3 cm³/mol. The van der Waals surface area contributed by atoms with E-state index in [0.29, 0.717) is 0 Å². The van der Waals surface area contributed by atoms with Crippen molar-refractivity contribution in [1.82, 2.24) is 5.32 Å². The molecule has 0 saturated heterocycles. The van der Waals surface area contributed by atoms with E-state index in [2.05, 4.69) is 11.4 Å². The van der Waals surface area contributed by atoms with E-state index in [1.54, 1.807) is 11.3 Å². The molecule has 3 heteroatoms. The van der Waals surface area contributed by atoms with Crippen molar-refractivity contribution in [3.63, 3.8) is 0 Å². The second-order valence-electron chi connectivity index (χ2n) is 2.91. The van der Waals surface area contributed by atoms with Crippen LogP contribution < -0.4 is 5.32 Å². The Morgan fingerprint density at radius 2 is 2.25 bits per heavy atom. The Labute approximate surface area is 75.8 Å². The van der Waals surface area contributed by atoms with Crippen LogP contribution in [0.25, 0.3) is 0 Å². The van der Waals surface area contributed by atoms with E-state index in [1.807, 2.05) is 5.38 Å². The van der Waals surface area contributed by atoms with E-state index in [4.69, 9.17) is 5.26 Å². The van der Waals surface area contributed by atoms with Gasteiger partial charge < -0.3 is 5.32 Å². The third-order valence-electron chi connectivity index (χ3n) is 2.18. The standard InChI is InChI=1S/C9H10N2S/c10-5-7-6-12-9-2-4-11-3-1-8(7)9/h6,11H,1-4H2. The minimum Gasteiger partial charge on any atom is -0.316 e. The van der Waals surface area contributed by atoms with Crippen molar-refractivity contribution in [1.29, 1.82) is 5.26 Å². The summed E-state index contributed by atoms with van der Waals surface area (Å²) in [6, 6.07) is 2.25. The molecule has 0 unspecified atom stereocenters. The largest absolute Gasteiger partial charge is 0.316 e. The van der Waals surface area contributed by atoms with Gasteiger partial charge in [0, 0.05) is 10.3 Å². The summed E-state index contributed by atoms with van der Waals surface area (Å²) in [4.78, 5) is 1.40. The van der Waals surface area contributed by atoms with E-state index >= 15 is 0 Å². The summed E-state index contributed by atoms with van der Waals surface area (Å²) in [5, 5.41) is 14.1. The molecule has 2 nitrogen and oxygen atoms in total. The summed E-state index contributed by atoms with van der Waals surface area (Å²) in [5.74, 6) is 0. The summed E-state index contributed by atoms with van der Waals surface area (Å²) in [6.45, 7) is 2.07. The molecule has 0 amide bonds. The molecule has 62 valence electrons. The zero-order valence-electron chi connectivity index (χ0n) is 6.76. The van der Waals surface area contributed by atoms with Crippen molar-refractivity contribution in [2.45, 2.75) is 12.8 Å². The van der Waals surface area contributed by atoms with Gasteiger partial charge in [-0.05, 0) is 31.5 Å². The molecule has 1 aromatic heterocycles. The number of hydrogen-bond acceptors (Lipinski definition) is 3. The van der Waals surface area contributed by atoms with Crippen molar-refractivity contribution < 1.29 is 0 Å². The van der Waals surface area contributed by atoms with Gasteiger partial charge in [0.25, 0.3) is 0 Å². The Morgan fingerprint density at radius 1 is 1.42 bits per heavy atom. The first-order valence-corrected chi connectivity index (χ1v) is 5.00. The normalized spacial score (nSPS) is 16.2. The van der Waals surface area contributed by atoms with Gasteiger partial charge in [0.1, 0.15) is 6.07 Å². The van der Waals surface area contributed by atoms with Crippen LogP contribution in [0.15, 0.2) is 5.38 Å². The fourth-order valence-electron chi connectivity index (χ4n) is 1.54. The lowest BCUT2D eigenvalue weighted by Crippen LogP contribution is -2.16. The molecule has 0 bridgehead atoms. The molecule has 1 aliphatic heterocycles. The second-order valence-corrected chi connectivity index (χ2v) is 3.88. The van der Waals surface area contributed by atoms with Crippen molar-refractivity contribution in [2.75, 3.05) is 13.1 Å². The molecule has 0 aliphatic carbocycles. The van der Waals surface area contributed by atoms with Crippen LogP contribution in [0.1, 0.15) is 16.0 Å². The lowest BCUT2D eigenvalue weighted by molar-refractivity contribution is 0.711. The van der Waals surface area contributed by atoms with Crippen LogP contribution in [0.3, 0.4) is 0 Å². The van der Waals surface area contributed by atoms with Gasteiger partial charge in [0.05, 0.1) is 5.56 Å². The molecule has 2 heterocycles. The molecule has 0 atom stereocenters. The van der Waals surface area contributed by atoms with Crippen LogP contribution in [0.4, 0.5) is 0 Å². The smallest absolute Gasteiger partial charge is 0.100 e. The Bertz CT molecular complexity index is 322. The highest BCUT2D eigenvalue weighted by Crippen LogP contribution is 2.24. The molecule has 0 fully saturated rings. The summed E-state index contributed by atoms with van der Waals surface area (Å²) in [6.07, 6.45) is 2.10. The van der Waals surface area contributed by atoms with Gasteiger partial charge in [-0.1, -0.05) is 0 Å². The summed E-state index contributed by atoms with van der Waals surface area (Å²) in [5.41, 5.74) is 2.17. The quantitative estimate of drug-likeness (QED) is 0.650. The van der Waals surface area contributed by atoms with E-state index in [0.717, 1.165) is 31.5 Å². The molecule has 1 aliphatic rings. The van der Waals surface area contributed by atoms with Crippen molar-refractivity contribution in [3.8, 4) is 6.07 Å². The Hall–Kier alpha value is -0.850. The first kappa shape index (κ1) is 7.78. The summed E-state index contributed by atoms with van der Waals surface area (Å²) in [7, 11) is 0. The highest BCUT2D eigenvalue weighted by atomic mass is 32.1. The lowest BCUT2D eigenvalue weighted by atomic mass is 10.1. The first-order chi connectivity index (χ1) is 5.92. The van der Waals surface area contributed by atoms with Crippen LogP contribution in [0, 0.1) is 11.3 Å². The van der Waals surface area contributed by atoms with Crippen LogP contribution in [0.2, 0.25) is 0 Å². The predicted octanol–water partition coefficient (Wildman–Crippen LogP) is 1.31. The SMILES string of the molecule is N#Cc1csc2c1CCNCC2. The maximum Gasteiger partial charge on any atom is 0.100 e. The minimum absolute atomic E-state index is 0.888. The third-order valence-corrected chi connectivity index (χ3v) is 3.27. The number of rotatable bonds is 0. The zero-order valence-corrected chi connectivity index (χ0v) is 7.58. The first-order valence-electron chi connectivity index (χ1n) is 4.12. The Kier molecular flexibility index (Phi) is 2.11. The monoisotopic (exact) mass is 178 g/mol. The van der Waals surface area contributed by atoms with Crippen LogP contribution >= 0.6 is 11.3 Å². The molecule has 0 aromatic carbocycles. The maximum atomic E-state index is 8.81. The Morgan fingerprint density at radius 3 is 3.08 bits per heavy atom. The maximum absolute atomic E-state index is 8.81. The topological polar surface area (TPSA) is 35.8 Å². The third kappa shape index (κ3) is 1.24. The van der Waals surface area contributed by atoms with Crippen LogP contribution in [0.5, 0.6) is 0 Å². The molecule has 0 radical (unpaired) electrons. The summed E-state index contributed by atoms with van der Waals surface area (Å²) < 4.78 is 0. The highest BCUT2D eigenvalue weighted by molar-refractivity contribution is 7.10. The number of thiophene rings is 1. The second kappa shape index (κ2) is 3.26. The molecule has 2 rings (SSSR count). The van der Waals surface area contributed by atoms with Gasteiger partial charge in [-0.3, -0.25) is 0 Å². The van der Waals surface area contributed by atoms with Gasteiger partial charge in [0.15, 0.2) is 0 Å². The van der Waals surface area contributed by atoms with Crippen molar-refractivity contribution in [2.24, 2.45) is 0 Å². The van der Waals surface area contributed by atoms with Crippen LogP contribution in [-0.4, -0.2) is 13.1 Å². The number of nitriles is 1. The lowest BCUT2D eigenvalue weighted by Gasteiger charge is -1.95. The molecule has 1 N–H and O–H groups in total. The Balaban J connectivity index is 2.40. The number of hydrogen-bond donors (Lipinski definition) is 1. The number of nitrogens with one attached hydrogen (secondary N) is 1. The van der Waals surface area contributed by atoms with Crippen LogP contribution in [-0.2, 0) is 12.8 Å². The van der Waals surface area contributed by atoms with Crippen molar-refractivity contribution >= 4 is 11.3 Å². The zero-order chi connectivity index (χ0) is 8.39. The van der Waals surface area contributed by atoms with E-state index in [-0.39, 0.29) is 0 Å². The molecule has 12 heavy (non-hydrogen) atoms.